The van der Waals surface area contributed by atoms with Gasteiger partial charge in [-0.15, -0.1) is 0 Å². The average molecular weight is 417 g/mol. The number of hydrogen-bond acceptors (Lipinski definition) is 4. The summed E-state index contributed by atoms with van der Waals surface area (Å²) < 4.78 is 14.8. The fourth-order valence-electron chi connectivity index (χ4n) is 3.63. The van der Waals surface area contributed by atoms with Crippen molar-refractivity contribution >= 4 is 29.1 Å². The first-order chi connectivity index (χ1) is 14.9. The van der Waals surface area contributed by atoms with Crippen LogP contribution in [0.3, 0.4) is 0 Å². The standard InChI is InChI=1S/C24H16FNO5/c25-18-12-5-4-11-17(18)20-19(21(27)14-7-2-1-3-8-14)22(28)23(29)26(20)16-10-6-9-15(13-16)24(30)31/h1-13,20,27H,(H,30,31)/t20-/m0/s1. The van der Waals surface area contributed by atoms with Gasteiger partial charge in [-0.1, -0.05) is 54.6 Å². The number of ketones is 1. The van der Waals surface area contributed by atoms with Crippen molar-refractivity contribution in [2.45, 2.75) is 6.04 Å². The van der Waals surface area contributed by atoms with Crippen LogP contribution in [0.15, 0.2) is 84.4 Å². The van der Waals surface area contributed by atoms with Crippen LogP contribution in [0.2, 0.25) is 0 Å². The second-order valence-electron chi connectivity index (χ2n) is 6.91. The minimum atomic E-state index is -1.27. The molecular weight excluding hydrogens is 401 g/mol. The van der Waals surface area contributed by atoms with Crippen molar-refractivity contribution < 1.29 is 29.0 Å². The smallest absolute Gasteiger partial charge is 0.335 e. The lowest BCUT2D eigenvalue weighted by Crippen LogP contribution is -2.30. The number of anilines is 1. The van der Waals surface area contributed by atoms with E-state index in [1.807, 2.05) is 0 Å². The number of carbonyl (C=O) groups excluding carboxylic acids is 2. The molecule has 1 fully saturated rings. The summed E-state index contributed by atoms with van der Waals surface area (Å²) in [6.45, 7) is 0. The van der Waals surface area contributed by atoms with Crippen LogP contribution in [-0.4, -0.2) is 27.9 Å². The number of amides is 1. The number of nitrogens with zero attached hydrogens (tertiary/aromatic N) is 1. The number of rotatable bonds is 4. The highest BCUT2D eigenvalue weighted by Gasteiger charge is 2.47. The molecular formula is C24H16FNO5. The van der Waals surface area contributed by atoms with Gasteiger partial charge in [-0.3, -0.25) is 14.5 Å². The van der Waals surface area contributed by atoms with Gasteiger partial charge in [-0.05, 0) is 24.3 Å². The predicted octanol–water partition coefficient (Wildman–Crippen LogP) is 4.15. The van der Waals surface area contributed by atoms with Crippen LogP contribution < -0.4 is 4.90 Å². The first-order valence-corrected chi connectivity index (χ1v) is 9.34. The van der Waals surface area contributed by atoms with Crippen molar-refractivity contribution in [1.29, 1.82) is 0 Å². The molecule has 0 saturated carbocycles. The molecule has 7 heteroatoms. The maximum atomic E-state index is 14.8. The zero-order chi connectivity index (χ0) is 22.1. The molecule has 0 aromatic heterocycles. The Bertz CT molecular complexity index is 1240. The highest BCUT2D eigenvalue weighted by atomic mass is 19.1. The summed E-state index contributed by atoms with van der Waals surface area (Å²) in [5.74, 6) is -4.31. The number of aliphatic hydroxyl groups excluding tert-OH is 1. The largest absolute Gasteiger partial charge is 0.507 e. The Balaban J connectivity index is 1.98. The molecule has 1 aliphatic rings. The molecule has 2 N–H and O–H groups in total. The van der Waals surface area contributed by atoms with Gasteiger partial charge in [0.15, 0.2) is 0 Å². The van der Waals surface area contributed by atoms with Crippen molar-refractivity contribution in [3.63, 3.8) is 0 Å². The average Bonchev–Trinajstić information content (AvgIpc) is 3.04. The summed E-state index contributed by atoms with van der Waals surface area (Å²) in [6, 6.07) is 17.9. The molecule has 0 aliphatic carbocycles. The number of hydrogen-bond donors (Lipinski definition) is 2. The van der Waals surface area contributed by atoms with Crippen LogP contribution in [0.4, 0.5) is 10.1 Å². The Morgan fingerprint density at radius 2 is 1.48 bits per heavy atom. The molecule has 1 saturated heterocycles. The minimum Gasteiger partial charge on any atom is -0.507 e. The molecule has 0 bridgehead atoms. The lowest BCUT2D eigenvalue weighted by Gasteiger charge is -2.26. The van der Waals surface area contributed by atoms with Gasteiger partial charge in [0.25, 0.3) is 11.7 Å². The van der Waals surface area contributed by atoms with Gasteiger partial charge >= 0.3 is 5.97 Å². The van der Waals surface area contributed by atoms with E-state index in [1.165, 1.54) is 42.5 Å². The summed E-state index contributed by atoms with van der Waals surface area (Å²) in [6.07, 6.45) is 0. The monoisotopic (exact) mass is 417 g/mol. The van der Waals surface area contributed by atoms with E-state index in [0.717, 1.165) is 4.90 Å². The fourth-order valence-corrected chi connectivity index (χ4v) is 3.63. The number of carbonyl (C=O) groups is 3. The lowest BCUT2D eigenvalue weighted by atomic mass is 9.94. The molecule has 0 radical (unpaired) electrons. The maximum Gasteiger partial charge on any atom is 0.335 e. The van der Waals surface area contributed by atoms with E-state index in [2.05, 4.69) is 0 Å². The highest BCUT2D eigenvalue weighted by molar-refractivity contribution is 6.51. The summed E-state index contributed by atoms with van der Waals surface area (Å²) in [5.41, 5.74) is 0.0140. The van der Waals surface area contributed by atoms with E-state index in [0.29, 0.717) is 5.56 Å². The summed E-state index contributed by atoms with van der Waals surface area (Å²) in [4.78, 5) is 38.4. The van der Waals surface area contributed by atoms with Crippen LogP contribution in [0, 0.1) is 5.82 Å². The first-order valence-electron chi connectivity index (χ1n) is 9.34. The summed E-state index contributed by atoms with van der Waals surface area (Å²) >= 11 is 0. The minimum absolute atomic E-state index is 0.0000841. The van der Waals surface area contributed by atoms with Gasteiger partial charge in [0.2, 0.25) is 0 Å². The Morgan fingerprint density at radius 1 is 0.839 bits per heavy atom. The first kappa shape index (κ1) is 20.0. The molecule has 1 amide bonds. The van der Waals surface area contributed by atoms with Crippen LogP contribution in [0.5, 0.6) is 0 Å². The predicted molar refractivity (Wildman–Crippen MR) is 111 cm³/mol. The molecule has 3 aromatic rings. The van der Waals surface area contributed by atoms with Gasteiger partial charge in [-0.25, -0.2) is 9.18 Å². The zero-order valence-corrected chi connectivity index (χ0v) is 16.0. The topological polar surface area (TPSA) is 94.9 Å². The third-order valence-electron chi connectivity index (χ3n) is 5.06. The van der Waals surface area contributed by atoms with Crippen LogP contribution in [0.1, 0.15) is 27.5 Å². The number of aromatic carboxylic acids is 1. The molecule has 0 unspecified atom stereocenters. The molecule has 0 spiro atoms. The van der Waals surface area contributed by atoms with E-state index in [9.17, 15) is 29.0 Å². The van der Waals surface area contributed by atoms with E-state index >= 15 is 0 Å². The number of Topliss-reactive ketones (excluding diaryl/α,β-unsaturated/α-hetero) is 1. The third-order valence-corrected chi connectivity index (χ3v) is 5.06. The van der Waals surface area contributed by atoms with E-state index in [4.69, 9.17) is 0 Å². The SMILES string of the molecule is O=C1C(=O)N(c2cccc(C(=O)O)c2)[C@@H](c2ccccc2F)C1=C(O)c1ccccc1. The van der Waals surface area contributed by atoms with Crippen LogP contribution >= 0.6 is 0 Å². The van der Waals surface area contributed by atoms with Crippen molar-refractivity contribution in [3.05, 3.63) is 107 Å². The molecule has 154 valence electrons. The quantitative estimate of drug-likeness (QED) is 0.378. The number of carboxylic acid groups (broad SMARTS) is 1. The van der Waals surface area contributed by atoms with Crippen molar-refractivity contribution in [2.24, 2.45) is 0 Å². The van der Waals surface area contributed by atoms with Crippen LogP contribution in [-0.2, 0) is 9.59 Å². The van der Waals surface area contributed by atoms with Crippen molar-refractivity contribution in [2.75, 3.05) is 4.90 Å². The molecule has 1 aliphatic heterocycles. The lowest BCUT2D eigenvalue weighted by molar-refractivity contribution is -0.132. The highest BCUT2D eigenvalue weighted by Crippen LogP contribution is 2.43. The van der Waals surface area contributed by atoms with E-state index < -0.39 is 35.3 Å². The van der Waals surface area contributed by atoms with E-state index in [-0.39, 0.29) is 22.4 Å². The molecule has 6 nitrogen and oxygen atoms in total. The second-order valence-corrected chi connectivity index (χ2v) is 6.91. The summed E-state index contributed by atoms with van der Waals surface area (Å²) in [7, 11) is 0. The van der Waals surface area contributed by atoms with Crippen molar-refractivity contribution in [1.82, 2.24) is 0 Å². The fraction of sp³-hybridized carbons (Fsp3) is 0.0417. The molecule has 31 heavy (non-hydrogen) atoms. The number of aliphatic hydroxyl groups is 1. The van der Waals surface area contributed by atoms with Crippen LogP contribution in [0.25, 0.3) is 5.76 Å². The van der Waals surface area contributed by atoms with Gasteiger partial charge in [0, 0.05) is 16.8 Å². The molecule has 1 heterocycles. The van der Waals surface area contributed by atoms with Gasteiger partial charge < -0.3 is 10.2 Å². The third kappa shape index (κ3) is 3.46. The number of benzene rings is 3. The Hall–Kier alpha value is -4.26. The maximum absolute atomic E-state index is 14.8. The van der Waals surface area contributed by atoms with Gasteiger partial charge in [-0.2, -0.15) is 0 Å². The Labute approximate surface area is 176 Å². The zero-order valence-electron chi connectivity index (χ0n) is 16.0. The Kier molecular flexibility index (Phi) is 5.09. The second kappa shape index (κ2) is 7.87. The van der Waals surface area contributed by atoms with Crippen molar-refractivity contribution in [3.8, 4) is 0 Å². The molecule has 4 rings (SSSR count). The molecule has 3 aromatic carbocycles. The Morgan fingerprint density at radius 3 is 2.16 bits per heavy atom. The van der Waals surface area contributed by atoms with Gasteiger partial charge in [0.1, 0.15) is 11.6 Å². The summed E-state index contributed by atoms with van der Waals surface area (Å²) in [5, 5.41) is 20.2. The number of carboxylic acids is 1. The molecule has 1 atom stereocenters. The van der Waals surface area contributed by atoms with Gasteiger partial charge in [0.05, 0.1) is 17.2 Å². The normalized spacial score (nSPS) is 17.7. The van der Waals surface area contributed by atoms with E-state index in [1.54, 1.807) is 36.4 Å². The number of halogens is 1.